The highest BCUT2D eigenvalue weighted by atomic mass is 32.2. The van der Waals surface area contributed by atoms with Crippen molar-refractivity contribution in [3.05, 3.63) is 59.7 Å². The zero-order valence-electron chi connectivity index (χ0n) is 19.7. The zero-order valence-corrected chi connectivity index (χ0v) is 20.5. The van der Waals surface area contributed by atoms with E-state index in [9.17, 15) is 18.0 Å². The van der Waals surface area contributed by atoms with Crippen molar-refractivity contribution in [3.8, 4) is 5.75 Å². The Kier molecular flexibility index (Phi) is 8.26. The molecule has 0 bridgehead atoms. The summed E-state index contributed by atoms with van der Waals surface area (Å²) in [4.78, 5) is 25.3. The Labute approximate surface area is 195 Å². The highest BCUT2D eigenvalue weighted by Gasteiger charge is 2.36. The summed E-state index contributed by atoms with van der Waals surface area (Å²) in [7, 11) is -4.04. The van der Waals surface area contributed by atoms with E-state index in [2.05, 4.69) is 0 Å². The third-order valence-electron chi connectivity index (χ3n) is 4.40. The molecular weight excluding hydrogens is 446 g/mol. The molecule has 2 aromatic carbocycles. The quantitative estimate of drug-likeness (QED) is 0.453. The van der Waals surface area contributed by atoms with E-state index >= 15 is 0 Å². The fourth-order valence-corrected chi connectivity index (χ4v) is 3.84. The average Bonchev–Trinajstić information content (AvgIpc) is 2.67. The van der Waals surface area contributed by atoms with E-state index in [1.165, 1.54) is 36.4 Å². The first-order valence-corrected chi connectivity index (χ1v) is 11.9. The van der Waals surface area contributed by atoms with Crippen LogP contribution in [0.1, 0.15) is 51.7 Å². The van der Waals surface area contributed by atoms with Crippen LogP contribution in [0, 0.1) is 6.92 Å². The maximum absolute atomic E-state index is 12.8. The second kappa shape index (κ2) is 10.4. The molecule has 0 spiro atoms. The van der Waals surface area contributed by atoms with Crippen LogP contribution in [0.5, 0.6) is 5.75 Å². The van der Waals surface area contributed by atoms with Crippen LogP contribution in [0.15, 0.2) is 53.4 Å². The third kappa shape index (κ3) is 7.57. The van der Waals surface area contributed by atoms with Gasteiger partial charge in [0, 0.05) is 0 Å². The van der Waals surface area contributed by atoms with Gasteiger partial charge in [-0.25, -0.2) is 0 Å². The van der Waals surface area contributed by atoms with Crippen LogP contribution in [0.25, 0.3) is 0 Å². The van der Waals surface area contributed by atoms with Crippen molar-refractivity contribution in [1.82, 2.24) is 0 Å². The molecule has 0 heterocycles. The van der Waals surface area contributed by atoms with Crippen LogP contribution >= 0.6 is 0 Å². The van der Waals surface area contributed by atoms with Gasteiger partial charge in [-0.2, -0.15) is 8.42 Å². The van der Waals surface area contributed by atoms with E-state index in [0.29, 0.717) is 5.56 Å². The minimum Gasteiger partial charge on any atom is -0.462 e. The second-order valence-electron chi connectivity index (χ2n) is 8.94. The van der Waals surface area contributed by atoms with Gasteiger partial charge in [0.15, 0.2) is 0 Å². The van der Waals surface area contributed by atoms with Crippen LogP contribution in [0.4, 0.5) is 0 Å². The molecule has 0 amide bonds. The molecule has 2 rings (SSSR count). The van der Waals surface area contributed by atoms with Crippen LogP contribution in [-0.2, 0) is 29.2 Å². The summed E-state index contributed by atoms with van der Waals surface area (Å²) in [6.07, 6.45) is -0.423. The molecule has 0 radical (unpaired) electrons. The summed E-state index contributed by atoms with van der Waals surface area (Å²) in [5.74, 6) is -2.55. The van der Waals surface area contributed by atoms with Gasteiger partial charge in [-0.3, -0.25) is 9.59 Å². The predicted molar refractivity (Wildman–Crippen MR) is 123 cm³/mol. The van der Waals surface area contributed by atoms with E-state index in [1.807, 2.05) is 6.92 Å². The third-order valence-corrected chi connectivity index (χ3v) is 5.66. The molecule has 0 aliphatic carbocycles. The first-order chi connectivity index (χ1) is 15.2. The molecule has 2 atom stereocenters. The van der Waals surface area contributed by atoms with Gasteiger partial charge in [0.2, 0.25) is 0 Å². The molecule has 0 aromatic heterocycles. The lowest BCUT2D eigenvalue weighted by atomic mass is 9.91. The predicted octanol–water partition coefficient (Wildman–Crippen LogP) is 3.47. The van der Waals surface area contributed by atoms with Crippen LogP contribution in [0.2, 0.25) is 0 Å². The lowest BCUT2D eigenvalue weighted by Gasteiger charge is -2.26. The van der Waals surface area contributed by atoms with Crippen molar-refractivity contribution in [3.63, 3.8) is 0 Å². The van der Waals surface area contributed by atoms with Crippen LogP contribution in [-0.4, -0.2) is 38.1 Å². The second-order valence-corrected chi connectivity index (χ2v) is 10.5. The van der Waals surface area contributed by atoms with Crippen LogP contribution in [0.3, 0.4) is 0 Å². The van der Waals surface area contributed by atoms with Gasteiger partial charge in [-0.1, -0.05) is 29.8 Å². The fraction of sp³-hybridized carbons (Fsp3) is 0.417. The Bertz CT molecular complexity index is 1070. The zero-order chi connectivity index (χ0) is 25.0. The van der Waals surface area contributed by atoms with Crippen molar-refractivity contribution in [1.29, 1.82) is 0 Å². The SMILES string of the molecule is Cc1ccc(S(=O)(=O)Oc2ccc(C(C(=O)OC(C)C)C(N)C(=O)OC(C)(C)C)cc2)cc1. The number of carbonyl (C=O) groups excluding carboxylic acids is 2. The fourth-order valence-electron chi connectivity index (χ4n) is 2.91. The van der Waals surface area contributed by atoms with E-state index in [0.717, 1.165) is 5.56 Å². The van der Waals surface area contributed by atoms with E-state index in [1.54, 1.807) is 46.8 Å². The number of ether oxygens (including phenoxy) is 2. The van der Waals surface area contributed by atoms with Crippen molar-refractivity contribution in [2.45, 2.75) is 70.1 Å². The molecule has 0 aliphatic heterocycles. The summed E-state index contributed by atoms with van der Waals surface area (Å²) < 4.78 is 40.8. The molecule has 0 fully saturated rings. The van der Waals surface area contributed by atoms with E-state index in [-0.39, 0.29) is 10.6 Å². The number of nitrogens with two attached hydrogens (primary N) is 1. The summed E-state index contributed by atoms with van der Waals surface area (Å²) in [6, 6.07) is 10.6. The smallest absolute Gasteiger partial charge is 0.339 e. The number of aryl methyl sites for hydroxylation is 1. The van der Waals surface area contributed by atoms with Gasteiger partial charge in [0.1, 0.15) is 28.2 Å². The van der Waals surface area contributed by atoms with Gasteiger partial charge >= 0.3 is 22.1 Å². The van der Waals surface area contributed by atoms with Crippen molar-refractivity contribution in [2.24, 2.45) is 5.73 Å². The first-order valence-electron chi connectivity index (χ1n) is 10.5. The van der Waals surface area contributed by atoms with Gasteiger partial charge in [-0.05, 0) is 71.4 Å². The maximum Gasteiger partial charge on any atom is 0.339 e. The standard InChI is InChI=1S/C24H31NO7S/c1-15(2)30-22(26)20(21(25)23(27)31-24(4,5)6)17-9-11-18(12-10-17)32-33(28,29)19-13-7-16(3)8-14-19/h7-15,20-21H,25H2,1-6H3. The Morgan fingerprint density at radius 3 is 1.94 bits per heavy atom. The normalized spacial score (nSPS) is 13.8. The monoisotopic (exact) mass is 477 g/mol. The topological polar surface area (TPSA) is 122 Å². The van der Waals surface area contributed by atoms with Gasteiger partial charge < -0.3 is 19.4 Å². The minimum atomic E-state index is -4.04. The van der Waals surface area contributed by atoms with Crippen LogP contribution < -0.4 is 9.92 Å². The molecule has 0 saturated heterocycles. The molecule has 2 unspecified atom stereocenters. The lowest BCUT2D eigenvalue weighted by Crippen LogP contribution is -2.45. The average molecular weight is 478 g/mol. The number of hydrogen-bond donors (Lipinski definition) is 1. The number of hydrogen-bond acceptors (Lipinski definition) is 8. The number of carbonyl (C=O) groups is 2. The highest BCUT2D eigenvalue weighted by molar-refractivity contribution is 7.87. The summed E-state index contributed by atoms with van der Waals surface area (Å²) in [5.41, 5.74) is 6.59. The molecule has 0 aliphatic rings. The molecule has 2 aromatic rings. The summed E-state index contributed by atoms with van der Waals surface area (Å²) in [6.45, 7) is 10.3. The van der Waals surface area contributed by atoms with Gasteiger partial charge in [0.05, 0.1) is 6.10 Å². The maximum atomic E-state index is 12.8. The molecular formula is C24H31NO7S. The lowest BCUT2D eigenvalue weighted by molar-refractivity contribution is -0.162. The van der Waals surface area contributed by atoms with Gasteiger partial charge in [-0.15, -0.1) is 0 Å². The Morgan fingerprint density at radius 2 is 1.45 bits per heavy atom. The number of benzene rings is 2. The Morgan fingerprint density at radius 1 is 0.909 bits per heavy atom. The summed E-state index contributed by atoms with van der Waals surface area (Å²) in [5, 5.41) is 0. The van der Waals surface area contributed by atoms with Gasteiger partial charge in [0.25, 0.3) is 0 Å². The van der Waals surface area contributed by atoms with Crippen molar-refractivity contribution < 1.29 is 31.7 Å². The van der Waals surface area contributed by atoms with Crippen molar-refractivity contribution >= 4 is 22.1 Å². The van der Waals surface area contributed by atoms with E-state index in [4.69, 9.17) is 19.4 Å². The number of rotatable bonds is 8. The highest BCUT2D eigenvalue weighted by Crippen LogP contribution is 2.27. The number of esters is 2. The van der Waals surface area contributed by atoms with E-state index < -0.39 is 45.7 Å². The molecule has 9 heteroatoms. The Hall–Kier alpha value is -2.91. The largest absolute Gasteiger partial charge is 0.462 e. The molecule has 0 saturated carbocycles. The minimum absolute atomic E-state index is 0.0162. The molecule has 2 N–H and O–H groups in total. The Balaban J connectivity index is 2.30. The first kappa shape index (κ1) is 26.3. The molecule has 8 nitrogen and oxygen atoms in total. The molecule has 180 valence electrons. The molecule has 33 heavy (non-hydrogen) atoms. The summed E-state index contributed by atoms with van der Waals surface area (Å²) >= 11 is 0. The van der Waals surface area contributed by atoms with Crippen molar-refractivity contribution in [2.75, 3.05) is 0 Å².